The van der Waals surface area contributed by atoms with E-state index in [1.807, 2.05) is 29.2 Å². The zero-order chi connectivity index (χ0) is 14.4. The summed E-state index contributed by atoms with van der Waals surface area (Å²) in [6, 6.07) is 7.73. The maximum Gasteiger partial charge on any atom is 0.257 e. The van der Waals surface area contributed by atoms with Gasteiger partial charge in [0.2, 0.25) is 0 Å². The lowest BCUT2D eigenvalue weighted by atomic mass is 9.93. The molecule has 0 unspecified atom stereocenters. The second kappa shape index (κ2) is 7.29. The molecule has 1 aliphatic rings. The maximum atomic E-state index is 12.8. The number of nitrogens with two attached hydrogens (primary N) is 1. The Bertz CT molecular complexity index is 442. The maximum absolute atomic E-state index is 12.8. The van der Waals surface area contributed by atoms with Crippen LogP contribution >= 0.6 is 0 Å². The third-order valence-corrected chi connectivity index (χ3v) is 3.98. The number of nitrogens with zero attached hydrogens (tertiary/aromatic N) is 1. The zero-order valence-electron chi connectivity index (χ0n) is 12.2. The molecule has 1 aliphatic carbocycles. The minimum Gasteiger partial charge on any atom is -0.496 e. The summed E-state index contributed by atoms with van der Waals surface area (Å²) < 4.78 is 5.30. The lowest BCUT2D eigenvalue weighted by Gasteiger charge is -2.34. The largest absolute Gasteiger partial charge is 0.496 e. The first-order valence-corrected chi connectivity index (χ1v) is 7.42. The van der Waals surface area contributed by atoms with Crippen LogP contribution in [0.4, 0.5) is 0 Å². The first-order chi connectivity index (χ1) is 9.77. The Hall–Kier alpha value is -1.55. The highest BCUT2D eigenvalue weighted by Gasteiger charge is 2.27. The summed E-state index contributed by atoms with van der Waals surface area (Å²) in [5.74, 6) is 0.676. The smallest absolute Gasteiger partial charge is 0.257 e. The van der Waals surface area contributed by atoms with Crippen LogP contribution in [0.25, 0.3) is 0 Å². The second-order valence-electron chi connectivity index (χ2n) is 5.28. The Balaban J connectivity index is 2.21. The van der Waals surface area contributed by atoms with Crippen molar-refractivity contribution in [2.75, 3.05) is 20.2 Å². The summed E-state index contributed by atoms with van der Waals surface area (Å²) in [5, 5.41) is 0. The van der Waals surface area contributed by atoms with Gasteiger partial charge in [0.25, 0.3) is 5.91 Å². The van der Waals surface area contributed by atoms with Gasteiger partial charge in [0.05, 0.1) is 12.7 Å². The van der Waals surface area contributed by atoms with Gasteiger partial charge in [-0.3, -0.25) is 4.79 Å². The Labute approximate surface area is 120 Å². The Kier molecular flexibility index (Phi) is 5.41. The molecule has 1 amide bonds. The number of benzene rings is 1. The number of para-hydroxylation sites is 1. The van der Waals surface area contributed by atoms with Crippen LogP contribution in [0.2, 0.25) is 0 Å². The summed E-state index contributed by atoms with van der Waals surface area (Å²) >= 11 is 0. The van der Waals surface area contributed by atoms with Crippen molar-refractivity contribution in [2.45, 2.75) is 38.1 Å². The molecule has 1 aromatic rings. The van der Waals surface area contributed by atoms with Crippen LogP contribution < -0.4 is 10.5 Å². The van der Waals surface area contributed by atoms with Crippen molar-refractivity contribution in [1.82, 2.24) is 4.90 Å². The van der Waals surface area contributed by atoms with Gasteiger partial charge in [0, 0.05) is 19.1 Å². The molecule has 20 heavy (non-hydrogen) atoms. The van der Waals surface area contributed by atoms with E-state index in [-0.39, 0.29) is 5.91 Å². The quantitative estimate of drug-likeness (QED) is 0.898. The van der Waals surface area contributed by atoms with Gasteiger partial charge in [-0.25, -0.2) is 0 Å². The van der Waals surface area contributed by atoms with E-state index in [4.69, 9.17) is 10.5 Å². The van der Waals surface area contributed by atoms with Crippen molar-refractivity contribution in [3.05, 3.63) is 29.8 Å². The Morgan fingerprint density at radius 2 is 2.00 bits per heavy atom. The molecule has 0 saturated heterocycles. The summed E-state index contributed by atoms with van der Waals surface area (Å²) in [6.45, 7) is 1.11. The molecule has 4 nitrogen and oxygen atoms in total. The number of amides is 1. The van der Waals surface area contributed by atoms with E-state index in [9.17, 15) is 4.79 Å². The SMILES string of the molecule is COc1ccccc1C(=O)N(CCN)C1CCCCC1. The number of hydrogen-bond donors (Lipinski definition) is 1. The molecular weight excluding hydrogens is 252 g/mol. The van der Waals surface area contributed by atoms with Crippen LogP contribution in [-0.4, -0.2) is 37.0 Å². The van der Waals surface area contributed by atoms with E-state index < -0.39 is 0 Å². The molecule has 110 valence electrons. The third kappa shape index (κ3) is 3.31. The van der Waals surface area contributed by atoms with Crippen molar-refractivity contribution in [2.24, 2.45) is 5.73 Å². The van der Waals surface area contributed by atoms with Crippen LogP contribution in [-0.2, 0) is 0 Å². The van der Waals surface area contributed by atoms with Crippen molar-refractivity contribution in [3.8, 4) is 5.75 Å². The molecule has 2 N–H and O–H groups in total. The van der Waals surface area contributed by atoms with Gasteiger partial charge in [-0.05, 0) is 25.0 Å². The molecule has 1 aromatic carbocycles. The summed E-state index contributed by atoms with van der Waals surface area (Å²) in [7, 11) is 1.60. The number of rotatable bonds is 5. The molecule has 0 spiro atoms. The van der Waals surface area contributed by atoms with Crippen molar-refractivity contribution in [3.63, 3.8) is 0 Å². The molecule has 1 fully saturated rings. The van der Waals surface area contributed by atoms with E-state index >= 15 is 0 Å². The molecule has 0 aromatic heterocycles. The number of ether oxygens (including phenoxy) is 1. The average Bonchev–Trinajstić information content (AvgIpc) is 2.52. The highest BCUT2D eigenvalue weighted by atomic mass is 16.5. The lowest BCUT2D eigenvalue weighted by Crippen LogP contribution is -2.44. The fourth-order valence-corrected chi connectivity index (χ4v) is 2.96. The van der Waals surface area contributed by atoms with Gasteiger partial charge in [-0.2, -0.15) is 0 Å². The fourth-order valence-electron chi connectivity index (χ4n) is 2.96. The minimum atomic E-state index is 0.0415. The van der Waals surface area contributed by atoms with E-state index in [2.05, 4.69) is 0 Å². The number of hydrogen-bond acceptors (Lipinski definition) is 3. The Morgan fingerprint density at radius 3 is 2.65 bits per heavy atom. The van der Waals surface area contributed by atoms with Crippen molar-refractivity contribution in [1.29, 1.82) is 0 Å². The van der Waals surface area contributed by atoms with Crippen LogP contribution in [0.5, 0.6) is 5.75 Å². The molecule has 0 atom stereocenters. The van der Waals surface area contributed by atoms with Crippen LogP contribution in [0.3, 0.4) is 0 Å². The molecule has 2 rings (SSSR count). The van der Waals surface area contributed by atoms with Crippen molar-refractivity contribution < 1.29 is 9.53 Å². The first kappa shape index (κ1) is 14.9. The van der Waals surface area contributed by atoms with E-state index in [1.54, 1.807) is 7.11 Å². The van der Waals surface area contributed by atoms with Gasteiger partial charge in [-0.1, -0.05) is 31.4 Å². The zero-order valence-corrected chi connectivity index (χ0v) is 12.2. The predicted molar refractivity (Wildman–Crippen MR) is 80.0 cm³/mol. The van der Waals surface area contributed by atoms with Crippen LogP contribution in [0.1, 0.15) is 42.5 Å². The standard InChI is InChI=1S/C16H24N2O2/c1-20-15-10-6-5-9-14(15)16(19)18(12-11-17)13-7-3-2-4-8-13/h5-6,9-10,13H,2-4,7-8,11-12,17H2,1H3. The monoisotopic (exact) mass is 276 g/mol. The molecule has 0 aliphatic heterocycles. The van der Waals surface area contributed by atoms with E-state index in [1.165, 1.54) is 19.3 Å². The number of methoxy groups -OCH3 is 1. The molecule has 1 saturated carbocycles. The third-order valence-electron chi connectivity index (χ3n) is 3.98. The molecular formula is C16H24N2O2. The second-order valence-corrected chi connectivity index (χ2v) is 5.28. The van der Waals surface area contributed by atoms with Gasteiger partial charge >= 0.3 is 0 Å². The average molecular weight is 276 g/mol. The highest BCUT2D eigenvalue weighted by molar-refractivity contribution is 5.97. The number of carbonyl (C=O) groups is 1. The molecule has 0 bridgehead atoms. The number of carbonyl (C=O) groups excluding carboxylic acids is 1. The fraction of sp³-hybridized carbons (Fsp3) is 0.562. The van der Waals surface area contributed by atoms with E-state index in [0.29, 0.717) is 30.4 Å². The molecule has 0 radical (unpaired) electrons. The minimum absolute atomic E-state index is 0.0415. The molecule has 4 heteroatoms. The Morgan fingerprint density at radius 1 is 1.30 bits per heavy atom. The van der Waals surface area contributed by atoms with Gasteiger partial charge in [0.1, 0.15) is 5.75 Å². The summed E-state index contributed by atoms with van der Waals surface area (Å²) in [6.07, 6.45) is 5.84. The lowest BCUT2D eigenvalue weighted by molar-refractivity contribution is 0.0638. The van der Waals surface area contributed by atoms with E-state index in [0.717, 1.165) is 12.8 Å². The highest BCUT2D eigenvalue weighted by Crippen LogP contribution is 2.26. The molecule has 0 heterocycles. The predicted octanol–water partition coefficient (Wildman–Crippen LogP) is 2.43. The summed E-state index contributed by atoms with van der Waals surface area (Å²) in [5.41, 5.74) is 6.33. The normalized spacial score (nSPS) is 15.9. The van der Waals surface area contributed by atoms with Crippen molar-refractivity contribution >= 4 is 5.91 Å². The van der Waals surface area contributed by atoms with Gasteiger partial charge in [0.15, 0.2) is 0 Å². The van der Waals surface area contributed by atoms with Crippen LogP contribution in [0, 0.1) is 0 Å². The summed E-state index contributed by atoms with van der Waals surface area (Å²) in [4.78, 5) is 14.7. The van der Waals surface area contributed by atoms with Gasteiger partial charge < -0.3 is 15.4 Å². The van der Waals surface area contributed by atoms with Crippen LogP contribution in [0.15, 0.2) is 24.3 Å². The van der Waals surface area contributed by atoms with Gasteiger partial charge in [-0.15, -0.1) is 0 Å². The topological polar surface area (TPSA) is 55.6 Å². The first-order valence-electron chi connectivity index (χ1n) is 7.42.